The lowest BCUT2D eigenvalue weighted by molar-refractivity contribution is -0.00829. The highest BCUT2D eigenvalue weighted by Gasteiger charge is 2.29. The molecule has 1 aliphatic heterocycles. The third-order valence-corrected chi connectivity index (χ3v) is 3.79. The molecule has 4 nitrogen and oxygen atoms in total. The SMILES string of the molecule is CN(C)CC1COCCN1C(=O)c1cc(Cl)ccc1Cl. The van der Waals surface area contributed by atoms with E-state index in [2.05, 4.69) is 0 Å². The summed E-state index contributed by atoms with van der Waals surface area (Å²) >= 11 is 12.1. The van der Waals surface area contributed by atoms with Gasteiger partial charge in [0.25, 0.3) is 5.91 Å². The molecule has 1 aliphatic rings. The summed E-state index contributed by atoms with van der Waals surface area (Å²) in [6.07, 6.45) is 0. The molecule has 0 aromatic heterocycles. The van der Waals surface area contributed by atoms with Crippen LogP contribution in [-0.2, 0) is 4.74 Å². The van der Waals surface area contributed by atoms with Gasteiger partial charge in [-0.2, -0.15) is 0 Å². The molecule has 1 saturated heterocycles. The van der Waals surface area contributed by atoms with Crippen molar-refractivity contribution in [1.29, 1.82) is 0 Å². The highest BCUT2D eigenvalue weighted by molar-refractivity contribution is 6.35. The fourth-order valence-electron chi connectivity index (χ4n) is 2.31. The second-order valence-corrected chi connectivity index (χ2v) is 5.96. The molecule has 1 aromatic rings. The van der Waals surface area contributed by atoms with Crippen LogP contribution in [0.25, 0.3) is 0 Å². The summed E-state index contributed by atoms with van der Waals surface area (Å²) in [5, 5.41) is 0.935. The molecule has 1 unspecified atom stereocenters. The standard InChI is InChI=1S/C14H18Cl2N2O2/c1-17(2)8-11-9-20-6-5-18(11)14(19)12-7-10(15)3-4-13(12)16/h3-4,7,11H,5-6,8-9H2,1-2H3. The quantitative estimate of drug-likeness (QED) is 0.858. The number of carbonyl (C=O) groups is 1. The van der Waals surface area contributed by atoms with Crippen molar-refractivity contribution in [3.8, 4) is 0 Å². The predicted molar refractivity (Wildman–Crippen MR) is 80.7 cm³/mol. The van der Waals surface area contributed by atoms with Gasteiger partial charge in [-0.25, -0.2) is 0 Å². The van der Waals surface area contributed by atoms with Crippen LogP contribution in [0.15, 0.2) is 18.2 Å². The minimum atomic E-state index is -0.0901. The molecule has 0 bridgehead atoms. The van der Waals surface area contributed by atoms with Gasteiger partial charge in [0.15, 0.2) is 0 Å². The first-order valence-electron chi connectivity index (χ1n) is 6.47. The Labute approximate surface area is 129 Å². The molecule has 1 aromatic carbocycles. The molecule has 110 valence electrons. The molecule has 6 heteroatoms. The minimum absolute atomic E-state index is 0.0290. The van der Waals surface area contributed by atoms with Gasteiger partial charge in [0.1, 0.15) is 0 Å². The Bertz CT molecular complexity index is 494. The molecule has 0 N–H and O–H groups in total. The van der Waals surface area contributed by atoms with Crippen LogP contribution in [0.5, 0.6) is 0 Å². The highest BCUT2D eigenvalue weighted by Crippen LogP contribution is 2.23. The summed E-state index contributed by atoms with van der Waals surface area (Å²) in [5.74, 6) is -0.0901. The van der Waals surface area contributed by atoms with E-state index in [1.807, 2.05) is 23.9 Å². The zero-order chi connectivity index (χ0) is 14.7. The summed E-state index contributed by atoms with van der Waals surface area (Å²) in [6.45, 7) is 2.42. The van der Waals surface area contributed by atoms with Gasteiger partial charge < -0.3 is 14.5 Å². The first-order valence-corrected chi connectivity index (χ1v) is 7.23. The van der Waals surface area contributed by atoms with E-state index in [0.29, 0.717) is 35.4 Å². The number of ether oxygens (including phenoxy) is 1. The van der Waals surface area contributed by atoms with E-state index in [9.17, 15) is 4.79 Å². The minimum Gasteiger partial charge on any atom is -0.377 e. The van der Waals surface area contributed by atoms with Gasteiger partial charge >= 0.3 is 0 Å². The number of rotatable bonds is 3. The van der Waals surface area contributed by atoms with Crippen molar-refractivity contribution in [2.24, 2.45) is 0 Å². The first kappa shape index (κ1) is 15.6. The molecule has 2 rings (SSSR count). The van der Waals surface area contributed by atoms with Gasteiger partial charge in [-0.05, 0) is 32.3 Å². The van der Waals surface area contributed by atoms with Crippen molar-refractivity contribution in [3.63, 3.8) is 0 Å². The molecular weight excluding hydrogens is 299 g/mol. The Hall–Kier alpha value is -0.810. The zero-order valence-corrected chi connectivity index (χ0v) is 13.1. The lowest BCUT2D eigenvalue weighted by atomic mass is 10.1. The van der Waals surface area contributed by atoms with Crippen LogP contribution in [0.3, 0.4) is 0 Å². The second kappa shape index (κ2) is 6.76. The summed E-state index contributed by atoms with van der Waals surface area (Å²) in [4.78, 5) is 16.5. The van der Waals surface area contributed by atoms with Crippen LogP contribution in [0.4, 0.5) is 0 Å². The van der Waals surface area contributed by atoms with Gasteiger partial charge in [-0.1, -0.05) is 23.2 Å². The molecule has 1 amide bonds. The van der Waals surface area contributed by atoms with E-state index in [0.717, 1.165) is 6.54 Å². The van der Waals surface area contributed by atoms with E-state index in [-0.39, 0.29) is 11.9 Å². The largest absolute Gasteiger partial charge is 0.377 e. The number of nitrogens with zero attached hydrogens (tertiary/aromatic N) is 2. The van der Waals surface area contributed by atoms with Crippen LogP contribution < -0.4 is 0 Å². The van der Waals surface area contributed by atoms with Crippen LogP contribution in [0, 0.1) is 0 Å². The lowest BCUT2D eigenvalue weighted by Gasteiger charge is -2.37. The van der Waals surface area contributed by atoms with Gasteiger partial charge in [0.05, 0.1) is 29.8 Å². The smallest absolute Gasteiger partial charge is 0.255 e. The number of carbonyl (C=O) groups excluding carboxylic acids is 1. The molecular formula is C14H18Cl2N2O2. The third kappa shape index (κ3) is 3.64. The Morgan fingerprint density at radius 1 is 1.45 bits per heavy atom. The molecule has 0 spiro atoms. The Morgan fingerprint density at radius 2 is 2.20 bits per heavy atom. The molecule has 0 aliphatic carbocycles. The summed E-state index contributed by atoms with van der Waals surface area (Å²) < 4.78 is 5.47. The number of morpholine rings is 1. The van der Waals surface area contributed by atoms with E-state index < -0.39 is 0 Å². The molecule has 1 heterocycles. The fourth-order valence-corrected chi connectivity index (χ4v) is 2.68. The van der Waals surface area contributed by atoms with E-state index in [1.54, 1.807) is 18.2 Å². The number of hydrogen-bond acceptors (Lipinski definition) is 3. The average Bonchev–Trinajstić information content (AvgIpc) is 2.41. The Balaban J connectivity index is 2.23. The number of amides is 1. The maximum absolute atomic E-state index is 12.7. The molecule has 0 saturated carbocycles. The monoisotopic (exact) mass is 316 g/mol. The maximum atomic E-state index is 12.7. The number of benzene rings is 1. The number of halogens is 2. The van der Waals surface area contributed by atoms with Crippen LogP contribution in [0.1, 0.15) is 10.4 Å². The van der Waals surface area contributed by atoms with Crippen molar-refractivity contribution in [2.45, 2.75) is 6.04 Å². The van der Waals surface area contributed by atoms with Crippen molar-refractivity contribution in [1.82, 2.24) is 9.80 Å². The average molecular weight is 317 g/mol. The van der Waals surface area contributed by atoms with Crippen molar-refractivity contribution in [2.75, 3.05) is 40.4 Å². The van der Waals surface area contributed by atoms with Crippen molar-refractivity contribution >= 4 is 29.1 Å². The van der Waals surface area contributed by atoms with Crippen LogP contribution in [0.2, 0.25) is 10.0 Å². The molecule has 1 fully saturated rings. The lowest BCUT2D eigenvalue weighted by Crippen LogP contribution is -2.52. The van der Waals surface area contributed by atoms with E-state index >= 15 is 0 Å². The van der Waals surface area contributed by atoms with E-state index in [4.69, 9.17) is 27.9 Å². The second-order valence-electron chi connectivity index (χ2n) is 5.11. The summed E-state index contributed by atoms with van der Waals surface area (Å²) in [7, 11) is 3.95. The topological polar surface area (TPSA) is 32.8 Å². The fraction of sp³-hybridized carbons (Fsp3) is 0.500. The first-order chi connectivity index (χ1) is 9.49. The van der Waals surface area contributed by atoms with Gasteiger partial charge in [0, 0.05) is 18.1 Å². The molecule has 1 atom stereocenters. The highest BCUT2D eigenvalue weighted by atomic mass is 35.5. The third-order valence-electron chi connectivity index (χ3n) is 3.22. The predicted octanol–water partition coefficient (Wildman–Crippen LogP) is 2.40. The number of hydrogen-bond donors (Lipinski definition) is 0. The zero-order valence-electron chi connectivity index (χ0n) is 11.6. The maximum Gasteiger partial charge on any atom is 0.255 e. The summed E-state index contributed by atoms with van der Waals surface area (Å²) in [6, 6.07) is 4.98. The van der Waals surface area contributed by atoms with Crippen molar-refractivity contribution < 1.29 is 9.53 Å². The van der Waals surface area contributed by atoms with Crippen LogP contribution in [-0.4, -0.2) is 62.1 Å². The summed E-state index contributed by atoms with van der Waals surface area (Å²) in [5.41, 5.74) is 0.449. The molecule has 0 radical (unpaired) electrons. The Morgan fingerprint density at radius 3 is 2.90 bits per heavy atom. The van der Waals surface area contributed by atoms with Gasteiger partial charge in [-0.15, -0.1) is 0 Å². The number of likely N-dealkylation sites (N-methyl/N-ethyl adjacent to an activating group) is 1. The Kier molecular flexibility index (Phi) is 5.27. The van der Waals surface area contributed by atoms with Crippen molar-refractivity contribution in [3.05, 3.63) is 33.8 Å². The van der Waals surface area contributed by atoms with E-state index in [1.165, 1.54) is 0 Å². The van der Waals surface area contributed by atoms with Gasteiger partial charge in [-0.3, -0.25) is 4.79 Å². The van der Waals surface area contributed by atoms with Crippen LogP contribution >= 0.6 is 23.2 Å². The molecule has 20 heavy (non-hydrogen) atoms. The normalized spacial score (nSPS) is 19.4. The van der Waals surface area contributed by atoms with Gasteiger partial charge in [0.2, 0.25) is 0 Å².